The Hall–Kier alpha value is -2.35. The third-order valence-corrected chi connectivity index (χ3v) is 4.13. The number of aryl methyl sites for hydroxylation is 2. The number of halogens is 1. The molecule has 0 saturated carbocycles. The van der Waals surface area contributed by atoms with E-state index in [1.165, 1.54) is 16.7 Å². The van der Waals surface area contributed by atoms with Crippen LogP contribution >= 0.6 is 24.0 Å². The van der Waals surface area contributed by atoms with E-state index in [1.54, 1.807) is 6.20 Å². The number of hydrogen-bond acceptors (Lipinski definition) is 2. The highest BCUT2D eigenvalue weighted by Crippen LogP contribution is 2.14. The van der Waals surface area contributed by atoms with Crippen LogP contribution in [0.2, 0.25) is 0 Å². The molecule has 0 unspecified atom stereocenters. The van der Waals surface area contributed by atoms with Gasteiger partial charge in [-0.15, -0.1) is 24.0 Å². The third kappa shape index (κ3) is 5.59. The summed E-state index contributed by atoms with van der Waals surface area (Å²) in [6.07, 6.45) is 5.56. The molecule has 0 bridgehead atoms. The molecule has 0 aliphatic rings. The van der Waals surface area contributed by atoms with Gasteiger partial charge in [-0.3, -0.25) is 0 Å². The number of rotatable bonds is 5. The molecule has 0 fully saturated rings. The molecule has 136 valence electrons. The Morgan fingerprint density at radius 3 is 2.65 bits per heavy atom. The lowest BCUT2D eigenvalue weighted by Crippen LogP contribution is -2.22. The average Bonchev–Trinajstić information content (AvgIpc) is 3.10. The van der Waals surface area contributed by atoms with Crippen LogP contribution in [0, 0.1) is 13.8 Å². The maximum absolute atomic E-state index is 6.02. The van der Waals surface area contributed by atoms with Crippen molar-refractivity contribution in [1.82, 2.24) is 9.55 Å². The standard InChI is InChI=1S/C20H23N5.HI/c1-15-6-7-19(10-16(15)2)24-20(21)23-12-17-4-3-5-18(11-17)13-25-9-8-22-14-25;/h3-11,14H,12-13H2,1-2H3,(H3,21,23,24);1H. The second-order valence-electron chi connectivity index (χ2n) is 6.18. The molecule has 1 aromatic heterocycles. The summed E-state index contributed by atoms with van der Waals surface area (Å²) in [6, 6.07) is 14.5. The minimum atomic E-state index is 0. The minimum Gasteiger partial charge on any atom is -0.370 e. The summed E-state index contributed by atoms with van der Waals surface area (Å²) in [5, 5.41) is 3.15. The molecule has 3 N–H and O–H groups in total. The van der Waals surface area contributed by atoms with Gasteiger partial charge in [0.1, 0.15) is 0 Å². The lowest BCUT2D eigenvalue weighted by atomic mass is 10.1. The van der Waals surface area contributed by atoms with Gasteiger partial charge >= 0.3 is 0 Å². The molecule has 1 heterocycles. The molecule has 2 aromatic carbocycles. The number of hydrogen-bond donors (Lipinski definition) is 2. The molecular weight excluding hydrogens is 437 g/mol. The van der Waals surface area contributed by atoms with Crippen LogP contribution < -0.4 is 11.1 Å². The zero-order valence-corrected chi connectivity index (χ0v) is 17.3. The van der Waals surface area contributed by atoms with Crippen LogP contribution in [0.5, 0.6) is 0 Å². The number of guanidine groups is 1. The number of anilines is 1. The van der Waals surface area contributed by atoms with E-state index >= 15 is 0 Å². The first-order valence-corrected chi connectivity index (χ1v) is 8.28. The van der Waals surface area contributed by atoms with Crippen LogP contribution in [-0.4, -0.2) is 15.5 Å². The van der Waals surface area contributed by atoms with Gasteiger partial charge in [0.25, 0.3) is 0 Å². The summed E-state index contributed by atoms with van der Waals surface area (Å²) in [6.45, 7) is 5.52. The van der Waals surface area contributed by atoms with E-state index in [9.17, 15) is 0 Å². The molecule has 0 amide bonds. The van der Waals surface area contributed by atoms with E-state index in [0.29, 0.717) is 12.5 Å². The Bertz CT molecular complexity index is 872. The molecule has 5 nitrogen and oxygen atoms in total. The van der Waals surface area contributed by atoms with Crippen LogP contribution in [-0.2, 0) is 13.1 Å². The van der Waals surface area contributed by atoms with Crippen molar-refractivity contribution in [2.75, 3.05) is 5.32 Å². The van der Waals surface area contributed by atoms with Crippen molar-refractivity contribution in [2.45, 2.75) is 26.9 Å². The smallest absolute Gasteiger partial charge is 0.193 e. The molecule has 6 heteroatoms. The summed E-state index contributed by atoms with van der Waals surface area (Å²) >= 11 is 0. The highest BCUT2D eigenvalue weighted by molar-refractivity contribution is 14.0. The molecule has 0 aliphatic heterocycles. The third-order valence-electron chi connectivity index (χ3n) is 4.13. The molecule has 0 saturated heterocycles. The van der Waals surface area contributed by atoms with Crippen LogP contribution in [0.3, 0.4) is 0 Å². The number of imidazole rings is 1. The van der Waals surface area contributed by atoms with Crippen molar-refractivity contribution < 1.29 is 0 Å². The molecule has 0 radical (unpaired) electrons. The normalized spacial score (nSPS) is 11.1. The Morgan fingerprint density at radius 2 is 1.92 bits per heavy atom. The van der Waals surface area contributed by atoms with Gasteiger partial charge in [-0.1, -0.05) is 30.3 Å². The van der Waals surface area contributed by atoms with Crippen molar-refractivity contribution >= 4 is 35.6 Å². The summed E-state index contributed by atoms with van der Waals surface area (Å²) < 4.78 is 2.04. The lowest BCUT2D eigenvalue weighted by Gasteiger charge is -2.08. The van der Waals surface area contributed by atoms with E-state index in [4.69, 9.17) is 5.73 Å². The number of nitrogens with zero attached hydrogens (tertiary/aromatic N) is 3. The summed E-state index contributed by atoms with van der Waals surface area (Å²) in [5.41, 5.74) is 11.8. The monoisotopic (exact) mass is 461 g/mol. The Labute approximate surface area is 171 Å². The molecular formula is C20H24IN5. The van der Waals surface area contributed by atoms with Gasteiger partial charge < -0.3 is 15.6 Å². The highest BCUT2D eigenvalue weighted by atomic mass is 127. The van der Waals surface area contributed by atoms with Gasteiger partial charge in [-0.05, 0) is 48.2 Å². The quantitative estimate of drug-likeness (QED) is 0.342. The van der Waals surface area contributed by atoms with Crippen molar-refractivity contribution in [3.8, 4) is 0 Å². The number of benzene rings is 2. The second kappa shape index (κ2) is 9.38. The molecule has 0 atom stereocenters. The zero-order valence-electron chi connectivity index (χ0n) is 15.0. The maximum atomic E-state index is 6.02. The van der Waals surface area contributed by atoms with Crippen LogP contribution in [0.4, 0.5) is 5.69 Å². The lowest BCUT2D eigenvalue weighted by molar-refractivity contribution is 0.795. The summed E-state index contributed by atoms with van der Waals surface area (Å²) in [4.78, 5) is 8.51. The maximum Gasteiger partial charge on any atom is 0.193 e. The first-order chi connectivity index (χ1) is 12.1. The number of aliphatic imine (C=N–C) groups is 1. The van der Waals surface area contributed by atoms with E-state index < -0.39 is 0 Å². The summed E-state index contributed by atoms with van der Waals surface area (Å²) in [5.74, 6) is 0.420. The van der Waals surface area contributed by atoms with Crippen molar-refractivity contribution in [1.29, 1.82) is 0 Å². The highest BCUT2D eigenvalue weighted by Gasteiger charge is 2.00. The zero-order chi connectivity index (χ0) is 17.6. The van der Waals surface area contributed by atoms with Gasteiger partial charge in [0.15, 0.2) is 5.96 Å². The van der Waals surface area contributed by atoms with Gasteiger partial charge in [0.2, 0.25) is 0 Å². The van der Waals surface area contributed by atoms with Crippen molar-refractivity contribution in [3.63, 3.8) is 0 Å². The van der Waals surface area contributed by atoms with Crippen molar-refractivity contribution in [2.24, 2.45) is 10.7 Å². The Balaban J connectivity index is 0.00000243. The molecule has 26 heavy (non-hydrogen) atoms. The first kappa shape index (κ1) is 20.0. The minimum absolute atomic E-state index is 0. The Morgan fingerprint density at radius 1 is 1.12 bits per heavy atom. The van der Waals surface area contributed by atoms with E-state index in [0.717, 1.165) is 17.8 Å². The van der Waals surface area contributed by atoms with Crippen LogP contribution in [0.25, 0.3) is 0 Å². The first-order valence-electron chi connectivity index (χ1n) is 8.28. The van der Waals surface area contributed by atoms with E-state index in [2.05, 4.69) is 59.5 Å². The second-order valence-corrected chi connectivity index (χ2v) is 6.18. The SMILES string of the molecule is Cc1ccc(NC(N)=NCc2cccc(Cn3ccnc3)c2)cc1C.I. The van der Waals surface area contributed by atoms with Gasteiger partial charge in [0, 0.05) is 24.6 Å². The predicted octanol–water partition coefficient (Wildman–Crippen LogP) is 4.09. The topological polar surface area (TPSA) is 68.2 Å². The fourth-order valence-electron chi connectivity index (χ4n) is 2.60. The molecule has 3 rings (SSSR count). The fourth-order valence-corrected chi connectivity index (χ4v) is 2.60. The molecule has 0 aliphatic carbocycles. The molecule has 0 spiro atoms. The number of nitrogens with two attached hydrogens (primary N) is 1. The average molecular weight is 461 g/mol. The van der Waals surface area contributed by atoms with Crippen molar-refractivity contribution in [3.05, 3.63) is 83.4 Å². The summed E-state index contributed by atoms with van der Waals surface area (Å²) in [7, 11) is 0. The predicted molar refractivity (Wildman–Crippen MR) is 118 cm³/mol. The number of nitrogens with one attached hydrogen (secondary N) is 1. The fraction of sp³-hybridized carbons (Fsp3) is 0.200. The van der Waals surface area contributed by atoms with Crippen LogP contribution in [0.15, 0.2) is 66.2 Å². The van der Waals surface area contributed by atoms with Gasteiger partial charge in [-0.2, -0.15) is 0 Å². The Kier molecular flexibility index (Phi) is 7.20. The van der Waals surface area contributed by atoms with Gasteiger partial charge in [-0.25, -0.2) is 9.98 Å². The van der Waals surface area contributed by atoms with E-state index in [-0.39, 0.29) is 24.0 Å². The van der Waals surface area contributed by atoms with E-state index in [1.807, 2.05) is 29.2 Å². The molecule has 3 aromatic rings. The largest absolute Gasteiger partial charge is 0.370 e. The number of aromatic nitrogens is 2. The van der Waals surface area contributed by atoms with Crippen LogP contribution in [0.1, 0.15) is 22.3 Å². The van der Waals surface area contributed by atoms with Gasteiger partial charge in [0.05, 0.1) is 12.9 Å².